The van der Waals surface area contributed by atoms with E-state index in [0.717, 1.165) is 38.6 Å². The lowest BCUT2D eigenvalue weighted by Crippen LogP contribution is -2.27. The standard InChI is InChI=1S/C26H19FN6O/c1-15-3-4-16(13-28)11-22(15)33-24-20-12-18(17-5-8-19(27)9-6-17)7-10-21(20)30-14-23(24)32(2)26(33)31-25(29)34/h3-12,14H,1-2H3,(H2,29,34). The largest absolute Gasteiger partial charge is 0.350 e. The van der Waals surface area contributed by atoms with Crippen LogP contribution in [0.5, 0.6) is 0 Å². The van der Waals surface area contributed by atoms with Crippen molar-refractivity contribution in [2.75, 3.05) is 0 Å². The van der Waals surface area contributed by atoms with Crippen molar-refractivity contribution < 1.29 is 9.18 Å². The van der Waals surface area contributed by atoms with E-state index < -0.39 is 6.03 Å². The van der Waals surface area contributed by atoms with Gasteiger partial charge in [0.15, 0.2) is 0 Å². The average Bonchev–Trinajstić information content (AvgIpc) is 3.11. The Morgan fingerprint density at radius 1 is 1.09 bits per heavy atom. The second-order valence-electron chi connectivity index (χ2n) is 7.99. The van der Waals surface area contributed by atoms with Crippen molar-refractivity contribution in [3.8, 4) is 22.9 Å². The van der Waals surface area contributed by atoms with Crippen molar-refractivity contribution >= 4 is 28.0 Å². The van der Waals surface area contributed by atoms with Gasteiger partial charge in [0.2, 0.25) is 5.62 Å². The quantitative estimate of drug-likeness (QED) is 0.429. The van der Waals surface area contributed by atoms with Gasteiger partial charge >= 0.3 is 6.03 Å². The number of halogens is 1. The third kappa shape index (κ3) is 3.40. The number of nitrogens with zero attached hydrogens (tertiary/aromatic N) is 5. The van der Waals surface area contributed by atoms with Crippen LogP contribution in [0.4, 0.5) is 9.18 Å². The van der Waals surface area contributed by atoms with Crippen LogP contribution >= 0.6 is 0 Å². The van der Waals surface area contributed by atoms with Gasteiger partial charge in [0.05, 0.1) is 40.1 Å². The molecule has 2 amide bonds. The van der Waals surface area contributed by atoms with Crippen LogP contribution in [0.25, 0.3) is 38.8 Å². The summed E-state index contributed by atoms with van der Waals surface area (Å²) in [5.74, 6) is -0.306. The Morgan fingerprint density at radius 3 is 2.53 bits per heavy atom. The number of hydrogen-bond acceptors (Lipinski definition) is 3. The number of nitriles is 1. The Morgan fingerprint density at radius 2 is 1.82 bits per heavy atom. The lowest BCUT2D eigenvalue weighted by atomic mass is 10.0. The zero-order valence-corrected chi connectivity index (χ0v) is 18.5. The molecule has 0 saturated carbocycles. The second-order valence-corrected chi connectivity index (χ2v) is 7.99. The number of aromatic nitrogens is 3. The van der Waals surface area contributed by atoms with E-state index in [9.17, 15) is 14.4 Å². The lowest BCUT2D eigenvalue weighted by Gasteiger charge is -2.11. The maximum absolute atomic E-state index is 13.5. The highest BCUT2D eigenvalue weighted by molar-refractivity contribution is 6.04. The molecule has 0 bridgehead atoms. The summed E-state index contributed by atoms with van der Waals surface area (Å²) in [7, 11) is 1.78. The smallest absolute Gasteiger partial charge is 0.341 e. The van der Waals surface area contributed by atoms with Crippen molar-refractivity contribution in [1.82, 2.24) is 14.1 Å². The average molecular weight is 450 g/mol. The maximum Gasteiger partial charge on any atom is 0.341 e. The van der Waals surface area contributed by atoms with E-state index in [1.54, 1.807) is 42.1 Å². The second kappa shape index (κ2) is 7.98. The molecule has 0 unspecified atom stereocenters. The predicted molar refractivity (Wildman–Crippen MR) is 128 cm³/mol. The maximum atomic E-state index is 13.5. The van der Waals surface area contributed by atoms with E-state index in [1.807, 2.05) is 35.8 Å². The van der Waals surface area contributed by atoms with Gasteiger partial charge in [-0.1, -0.05) is 24.3 Å². The van der Waals surface area contributed by atoms with Crippen LogP contribution in [0, 0.1) is 24.1 Å². The van der Waals surface area contributed by atoms with Gasteiger partial charge in [-0.25, -0.2) is 9.18 Å². The number of fused-ring (bicyclic) bond motifs is 3. The van der Waals surface area contributed by atoms with Crippen LogP contribution in [0.3, 0.4) is 0 Å². The number of benzene rings is 3. The summed E-state index contributed by atoms with van der Waals surface area (Å²) >= 11 is 0. The Balaban J connectivity index is 1.96. The summed E-state index contributed by atoms with van der Waals surface area (Å²) in [5.41, 5.74) is 11.8. The Kier molecular flexibility index (Phi) is 4.95. The number of carbonyl (C=O) groups is 1. The van der Waals surface area contributed by atoms with Crippen LogP contribution in [0.15, 0.2) is 71.9 Å². The SMILES string of the molecule is Cc1ccc(C#N)cc1-n1c(=NC(N)=O)n(C)c2cnc3ccc(-c4ccc(F)cc4)cc3c21. The molecule has 0 spiro atoms. The number of aryl methyl sites for hydroxylation is 2. The van der Waals surface area contributed by atoms with Crippen LogP contribution in [0.1, 0.15) is 11.1 Å². The molecule has 0 aliphatic carbocycles. The molecule has 7 nitrogen and oxygen atoms in total. The zero-order chi connectivity index (χ0) is 24.0. The topological polar surface area (TPSA) is 102 Å². The molecular formula is C26H19FN6O. The zero-order valence-electron chi connectivity index (χ0n) is 18.5. The molecule has 2 aromatic heterocycles. The van der Waals surface area contributed by atoms with E-state index in [4.69, 9.17) is 5.73 Å². The number of urea groups is 1. The van der Waals surface area contributed by atoms with Crippen LogP contribution in [-0.4, -0.2) is 20.1 Å². The number of amides is 2. The Labute approximate surface area is 193 Å². The van der Waals surface area contributed by atoms with Gasteiger partial charge in [-0.2, -0.15) is 10.3 Å². The molecule has 2 heterocycles. The summed E-state index contributed by atoms with van der Waals surface area (Å²) in [6, 6.07) is 18.8. The Bertz CT molecular complexity index is 1720. The molecule has 8 heteroatoms. The van der Waals surface area contributed by atoms with Crippen molar-refractivity contribution in [3.05, 3.63) is 89.4 Å². The van der Waals surface area contributed by atoms with Crippen LogP contribution in [0.2, 0.25) is 0 Å². The molecule has 3 aromatic carbocycles. The fraction of sp³-hybridized carbons (Fsp3) is 0.0769. The molecule has 0 aliphatic heterocycles. The first-order valence-corrected chi connectivity index (χ1v) is 10.5. The fourth-order valence-corrected chi connectivity index (χ4v) is 4.20. The summed E-state index contributed by atoms with van der Waals surface area (Å²) in [5, 5.41) is 10.3. The van der Waals surface area contributed by atoms with Gasteiger partial charge in [-0.3, -0.25) is 9.55 Å². The number of nitrogens with two attached hydrogens (primary N) is 1. The van der Waals surface area contributed by atoms with Gasteiger partial charge < -0.3 is 10.3 Å². The van der Waals surface area contributed by atoms with E-state index in [-0.39, 0.29) is 5.82 Å². The predicted octanol–water partition coefficient (Wildman–Crippen LogP) is 4.48. The first kappa shape index (κ1) is 21.1. The number of imidazole rings is 1. The Hall–Kier alpha value is -4.77. The highest BCUT2D eigenvalue weighted by Crippen LogP contribution is 2.30. The summed E-state index contributed by atoms with van der Waals surface area (Å²) in [4.78, 5) is 20.5. The minimum atomic E-state index is -0.835. The number of pyridine rings is 1. The number of carbonyl (C=O) groups excluding carboxylic acids is 1. The van der Waals surface area contributed by atoms with Gasteiger partial charge in [0.1, 0.15) is 5.82 Å². The van der Waals surface area contributed by atoms with Gasteiger partial charge in [-0.05, 0) is 60.0 Å². The van der Waals surface area contributed by atoms with Gasteiger partial charge in [0.25, 0.3) is 0 Å². The minimum Gasteiger partial charge on any atom is -0.350 e. The van der Waals surface area contributed by atoms with Crippen molar-refractivity contribution in [3.63, 3.8) is 0 Å². The molecule has 5 rings (SSSR count). The summed E-state index contributed by atoms with van der Waals surface area (Å²) in [6.07, 6.45) is 1.72. The van der Waals surface area contributed by atoms with Crippen molar-refractivity contribution in [2.45, 2.75) is 6.92 Å². The fourth-order valence-electron chi connectivity index (χ4n) is 4.20. The van der Waals surface area contributed by atoms with Gasteiger partial charge in [0, 0.05) is 12.4 Å². The summed E-state index contributed by atoms with van der Waals surface area (Å²) in [6.45, 7) is 1.92. The number of hydrogen-bond donors (Lipinski definition) is 1. The molecule has 0 atom stereocenters. The van der Waals surface area contributed by atoms with Gasteiger partial charge in [-0.15, -0.1) is 0 Å². The third-order valence-electron chi connectivity index (χ3n) is 5.87. The lowest BCUT2D eigenvalue weighted by molar-refractivity contribution is 0.255. The van der Waals surface area contributed by atoms with E-state index in [2.05, 4.69) is 16.0 Å². The van der Waals surface area contributed by atoms with Crippen molar-refractivity contribution in [1.29, 1.82) is 5.26 Å². The highest BCUT2D eigenvalue weighted by atomic mass is 19.1. The van der Waals surface area contributed by atoms with Crippen LogP contribution < -0.4 is 11.4 Å². The molecule has 5 aromatic rings. The first-order chi connectivity index (χ1) is 16.4. The molecule has 0 aliphatic rings. The molecule has 0 fully saturated rings. The monoisotopic (exact) mass is 450 g/mol. The van der Waals surface area contributed by atoms with Crippen LogP contribution in [-0.2, 0) is 7.05 Å². The van der Waals surface area contributed by atoms with E-state index in [0.29, 0.717) is 16.9 Å². The molecule has 0 saturated heterocycles. The molecule has 2 N–H and O–H groups in total. The molecular weight excluding hydrogens is 431 g/mol. The molecule has 0 radical (unpaired) electrons. The van der Waals surface area contributed by atoms with E-state index in [1.165, 1.54) is 12.1 Å². The molecule has 166 valence electrons. The number of primary amides is 1. The third-order valence-corrected chi connectivity index (χ3v) is 5.87. The van der Waals surface area contributed by atoms with Crippen molar-refractivity contribution in [2.24, 2.45) is 17.8 Å². The molecule has 34 heavy (non-hydrogen) atoms. The highest BCUT2D eigenvalue weighted by Gasteiger charge is 2.18. The first-order valence-electron chi connectivity index (χ1n) is 10.5. The normalized spacial score (nSPS) is 11.8. The number of rotatable bonds is 2. The van der Waals surface area contributed by atoms with E-state index >= 15 is 0 Å². The summed E-state index contributed by atoms with van der Waals surface area (Å²) < 4.78 is 17.0. The minimum absolute atomic E-state index is 0.306.